The number of hydrogen-bond donors (Lipinski definition) is 1. The maximum absolute atomic E-state index is 13.8. The molecule has 0 bridgehead atoms. The zero-order valence-corrected chi connectivity index (χ0v) is 24.7. The first-order valence-corrected chi connectivity index (χ1v) is 15.2. The van der Waals surface area contributed by atoms with Crippen molar-refractivity contribution >= 4 is 59.9 Å². The van der Waals surface area contributed by atoms with Crippen molar-refractivity contribution in [2.24, 2.45) is 0 Å². The van der Waals surface area contributed by atoms with Crippen LogP contribution in [-0.4, -0.2) is 57.5 Å². The summed E-state index contributed by atoms with van der Waals surface area (Å²) < 4.78 is 34.3. The van der Waals surface area contributed by atoms with E-state index in [-0.39, 0.29) is 10.8 Å². The van der Waals surface area contributed by atoms with E-state index in [4.69, 9.17) is 21.3 Å². The molecule has 8 nitrogen and oxygen atoms in total. The number of amides is 1. The predicted octanol–water partition coefficient (Wildman–Crippen LogP) is 6.06. The topological polar surface area (TPSA) is 91.8 Å². The van der Waals surface area contributed by atoms with Crippen molar-refractivity contribution in [2.45, 2.75) is 25.7 Å². The highest BCUT2D eigenvalue weighted by Crippen LogP contribution is 2.39. The van der Waals surface area contributed by atoms with Crippen molar-refractivity contribution in [3.8, 4) is 5.75 Å². The van der Waals surface area contributed by atoms with Crippen LogP contribution in [0.15, 0.2) is 65.6 Å². The zero-order valence-electron chi connectivity index (χ0n) is 22.3. The second-order valence-electron chi connectivity index (χ2n) is 8.90. The van der Waals surface area contributed by atoms with Crippen molar-refractivity contribution in [1.29, 1.82) is 0 Å². The quantitative estimate of drug-likeness (QED) is 0.230. The Hall–Kier alpha value is -3.18. The molecule has 0 aliphatic carbocycles. The number of thiazole rings is 1. The highest BCUT2D eigenvalue weighted by Gasteiger charge is 2.24. The van der Waals surface area contributed by atoms with Gasteiger partial charge in [-0.25, -0.2) is 13.4 Å². The second-order valence-corrected chi connectivity index (χ2v) is 12.0. The highest BCUT2D eigenvalue weighted by molar-refractivity contribution is 7.92. The number of carbonyl (C=O) groups excluding carboxylic acids is 1. The number of methoxy groups -OCH3 is 1. The van der Waals surface area contributed by atoms with Gasteiger partial charge < -0.3 is 9.64 Å². The number of rotatable bonds is 11. The van der Waals surface area contributed by atoms with E-state index in [1.54, 1.807) is 72.7 Å². The fourth-order valence-corrected chi connectivity index (χ4v) is 6.39. The fraction of sp³-hybridized carbons (Fsp3) is 0.286. The van der Waals surface area contributed by atoms with Gasteiger partial charge >= 0.3 is 0 Å². The van der Waals surface area contributed by atoms with E-state index in [0.717, 1.165) is 23.4 Å². The van der Waals surface area contributed by atoms with Gasteiger partial charge in [0.15, 0.2) is 5.13 Å². The summed E-state index contributed by atoms with van der Waals surface area (Å²) in [6, 6.07) is 16.5. The van der Waals surface area contributed by atoms with Crippen LogP contribution in [0.1, 0.15) is 29.8 Å². The minimum Gasteiger partial charge on any atom is -0.494 e. The smallest absolute Gasteiger partial charge is 0.261 e. The van der Waals surface area contributed by atoms with Gasteiger partial charge in [0.05, 0.1) is 21.7 Å². The molecule has 0 atom stereocenters. The van der Waals surface area contributed by atoms with Crippen LogP contribution in [0.5, 0.6) is 5.75 Å². The molecule has 3 aromatic carbocycles. The van der Waals surface area contributed by atoms with Crippen molar-refractivity contribution in [3.63, 3.8) is 0 Å². The molecule has 1 N–H and O–H groups in total. The zero-order chi connectivity index (χ0) is 28.2. The molecule has 4 rings (SSSR count). The van der Waals surface area contributed by atoms with E-state index in [0.29, 0.717) is 45.8 Å². The van der Waals surface area contributed by atoms with Crippen molar-refractivity contribution in [2.75, 3.05) is 42.9 Å². The first-order valence-electron chi connectivity index (χ1n) is 12.5. The van der Waals surface area contributed by atoms with Crippen molar-refractivity contribution in [3.05, 3.63) is 76.8 Å². The lowest BCUT2D eigenvalue weighted by Gasteiger charge is -2.24. The Bertz CT molecular complexity index is 1550. The van der Waals surface area contributed by atoms with Crippen LogP contribution < -0.4 is 14.4 Å². The molecule has 0 saturated heterocycles. The minimum absolute atomic E-state index is 0.167. The van der Waals surface area contributed by atoms with Gasteiger partial charge in [-0.3, -0.25) is 14.4 Å². The molecule has 0 unspecified atom stereocenters. The summed E-state index contributed by atoms with van der Waals surface area (Å²) in [6.07, 6.45) is 0. The Morgan fingerprint density at radius 3 is 2.28 bits per heavy atom. The Morgan fingerprint density at radius 1 is 1.00 bits per heavy atom. The molecule has 0 aliphatic rings. The summed E-state index contributed by atoms with van der Waals surface area (Å²) in [4.78, 5) is 22.5. The van der Waals surface area contributed by atoms with Gasteiger partial charge in [-0.1, -0.05) is 54.5 Å². The van der Waals surface area contributed by atoms with Gasteiger partial charge in [-0.2, -0.15) is 0 Å². The number of nitrogens with zero attached hydrogens (tertiary/aromatic N) is 3. The third-order valence-electron chi connectivity index (χ3n) is 6.39. The van der Waals surface area contributed by atoms with Gasteiger partial charge in [-0.05, 0) is 68.5 Å². The van der Waals surface area contributed by atoms with Crippen LogP contribution in [-0.2, 0) is 10.0 Å². The van der Waals surface area contributed by atoms with Crippen LogP contribution in [0.4, 0.5) is 10.8 Å². The standard InChI is InChI=1S/C28H31ClN4O4S2/c1-5-32(6-2)17-18-33(28-30-25-24(37-4)16-15-23(29)26(25)38-28)27(34)20-9-11-21(12-10-20)31-39(35,36)22-13-7-19(3)8-14-22/h7-16,31H,5-6,17-18H2,1-4H3. The second kappa shape index (κ2) is 12.3. The molecular weight excluding hydrogens is 556 g/mol. The van der Waals surface area contributed by atoms with Gasteiger partial charge in [0.2, 0.25) is 0 Å². The number of carbonyl (C=O) groups is 1. The summed E-state index contributed by atoms with van der Waals surface area (Å²) in [5.41, 5.74) is 2.34. The van der Waals surface area contributed by atoms with Gasteiger partial charge in [0.25, 0.3) is 15.9 Å². The predicted molar refractivity (Wildman–Crippen MR) is 159 cm³/mol. The number of nitrogens with one attached hydrogen (secondary N) is 1. The molecule has 0 aliphatic heterocycles. The van der Waals surface area contributed by atoms with E-state index in [2.05, 4.69) is 23.5 Å². The lowest BCUT2D eigenvalue weighted by molar-refractivity contribution is 0.0984. The Balaban J connectivity index is 1.62. The van der Waals surface area contributed by atoms with Crippen LogP contribution in [0.25, 0.3) is 10.2 Å². The largest absolute Gasteiger partial charge is 0.494 e. The van der Waals surface area contributed by atoms with Crippen LogP contribution >= 0.6 is 22.9 Å². The summed E-state index contributed by atoms with van der Waals surface area (Å²) in [7, 11) is -2.19. The van der Waals surface area contributed by atoms with E-state index < -0.39 is 10.0 Å². The number of halogens is 1. The molecule has 1 heterocycles. The summed E-state index contributed by atoms with van der Waals surface area (Å²) in [5, 5.41) is 1.05. The van der Waals surface area contributed by atoms with E-state index in [1.807, 2.05) is 6.92 Å². The third kappa shape index (κ3) is 6.52. The average Bonchev–Trinajstić information content (AvgIpc) is 3.38. The Labute approximate surface area is 238 Å². The number of sulfonamides is 1. The molecule has 11 heteroatoms. The molecular formula is C28H31ClN4O4S2. The van der Waals surface area contributed by atoms with Crippen LogP contribution in [0, 0.1) is 6.92 Å². The van der Waals surface area contributed by atoms with E-state index >= 15 is 0 Å². The molecule has 1 aromatic heterocycles. The lowest BCUT2D eigenvalue weighted by Crippen LogP contribution is -2.38. The maximum Gasteiger partial charge on any atom is 0.261 e. The summed E-state index contributed by atoms with van der Waals surface area (Å²) in [6.45, 7) is 8.84. The molecule has 0 saturated carbocycles. The number of benzene rings is 3. The van der Waals surface area contributed by atoms with Crippen molar-refractivity contribution < 1.29 is 17.9 Å². The monoisotopic (exact) mass is 586 g/mol. The maximum atomic E-state index is 13.8. The number of anilines is 2. The highest BCUT2D eigenvalue weighted by atomic mass is 35.5. The number of aryl methyl sites for hydroxylation is 1. The number of aromatic nitrogens is 1. The molecule has 0 fully saturated rings. The third-order valence-corrected chi connectivity index (χ3v) is 9.33. The normalized spacial score (nSPS) is 11.6. The first-order chi connectivity index (χ1) is 18.7. The van der Waals surface area contributed by atoms with Gasteiger partial charge in [0, 0.05) is 24.3 Å². The number of hydrogen-bond acceptors (Lipinski definition) is 7. The minimum atomic E-state index is -3.76. The molecule has 1 amide bonds. The Morgan fingerprint density at radius 2 is 1.67 bits per heavy atom. The Kier molecular flexibility index (Phi) is 9.12. The summed E-state index contributed by atoms with van der Waals surface area (Å²) >= 11 is 7.78. The van der Waals surface area contributed by atoms with Crippen LogP contribution in [0.3, 0.4) is 0 Å². The molecule has 206 valence electrons. The van der Waals surface area contributed by atoms with Gasteiger partial charge in [-0.15, -0.1) is 0 Å². The number of fused-ring (bicyclic) bond motifs is 1. The fourth-order valence-electron chi connectivity index (χ4n) is 4.05. The molecule has 4 aromatic rings. The average molecular weight is 587 g/mol. The van der Waals surface area contributed by atoms with Gasteiger partial charge in [0.1, 0.15) is 11.3 Å². The first kappa shape index (κ1) is 28.8. The molecule has 0 radical (unpaired) electrons. The molecule has 0 spiro atoms. The SMILES string of the molecule is CCN(CC)CCN(C(=O)c1ccc(NS(=O)(=O)c2ccc(C)cc2)cc1)c1nc2c(OC)ccc(Cl)c2s1. The lowest BCUT2D eigenvalue weighted by atomic mass is 10.2. The molecule has 39 heavy (non-hydrogen) atoms. The van der Waals surface area contributed by atoms with E-state index in [9.17, 15) is 13.2 Å². The number of ether oxygens (including phenoxy) is 1. The summed E-state index contributed by atoms with van der Waals surface area (Å²) in [5.74, 6) is 0.336. The van der Waals surface area contributed by atoms with Crippen LogP contribution in [0.2, 0.25) is 5.02 Å². The van der Waals surface area contributed by atoms with Crippen molar-refractivity contribution in [1.82, 2.24) is 9.88 Å². The number of likely N-dealkylation sites (N-methyl/N-ethyl adjacent to an activating group) is 1. The van der Waals surface area contributed by atoms with E-state index in [1.165, 1.54) is 11.3 Å².